The van der Waals surface area contributed by atoms with Crippen molar-refractivity contribution in [3.63, 3.8) is 0 Å². The number of nitrogens with one attached hydrogen (secondary N) is 2. The van der Waals surface area contributed by atoms with Crippen molar-refractivity contribution in [2.45, 2.75) is 38.8 Å². The molecule has 0 saturated carbocycles. The average Bonchev–Trinajstić information content (AvgIpc) is 2.69. The van der Waals surface area contributed by atoms with Gasteiger partial charge in [-0.15, -0.1) is 0 Å². The standard InChI is InChI=1S/C15H20N6/c1-8-6-9(2)18-13-11(8)12(16)21-14(20-13)19-10-4-5-17-7-15(10,21)3/h6,10,17H,4-5,7H2,1-3H3,(H2,16,18,19,20)/p+1. The lowest BCUT2D eigenvalue weighted by Crippen LogP contribution is -2.65. The second-order valence-electron chi connectivity index (χ2n) is 6.45. The van der Waals surface area contributed by atoms with E-state index in [9.17, 15) is 0 Å². The highest BCUT2D eigenvalue weighted by Gasteiger charge is 2.51. The Labute approximate surface area is 123 Å². The predicted molar refractivity (Wildman–Crippen MR) is 82.2 cm³/mol. The fourth-order valence-corrected chi connectivity index (χ4v) is 3.85. The summed E-state index contributed by atoms with van der Waals surface area (Å²) in [5.41, 5.74) is 9.30. The third-order valence-electron chi connectivity index (χ3n) is 4.90. The van der Waals surface area contributed by atoms with Crippen LogP contribution in [0.3, 0.4) is 0 Å². The molecular weight excluding hydrogens is 264 g/mol. The summed E-state index contributed by atoms with van der Waals surface area (Å²) >= 11 is 0. The first-order valence-corrected chi connectivity index (χ1v) is 7.48. The van der Waals surface area contributed by atoms with Gasteiger partial charge in [-0.1, -0.05) is 4.98 Å². The predicted octanol–water partition coefficient (Wildman–Crippen LogP) is 0.619. The second-order valence-corrected chi connectivity index (χ2v) is 6.45. The van der Waals surface area contributed by atoms with Gasteiger partial charge in [0.2, 0.25) is 11.5 Å². The summed E-state index contributed by atoms with van der Waals surface area (Å²) in [5.74, 6) is 1.61. The van der Waals surface area contributed by atoms with E-state index in [1.807, 2.05) is 6.92 Å². The van der Waals surface area contributed by atoms with Crippen LogP contribution in [0.25, 0.3) is 11.0 Å². The Hall–Kier alpha value is -1.95. The van der Waals surface area contributed by atoms with E-state index in [-0.39, 0.29) is 5.54 Å². The molecule has 110 valence electrons. The number of pyridine rings is 1. The van der Waals surface area contributed by atoms with Crippen LogP contribution in [0.5, 0.6) is 0 Å². The molecule has 0 radical (unpaired) electrons. The maximum Gasteiger partial charge on any atom is 0.350 e. The lowest BCUT2D eigenvalue weighted by molar-refractivity contribution is -0.726. The Bertz CT molecular complexity index is 756. The lowest BCUT2D eigenvalue weighted by atomic mass is 9.87. The number of nitrogens with two attached hydrogens (primary N) is 1. The summed E-state index contributed by atoms with van der Waals surface area (Å²) in [6, 6.07) is 2.43. The SMILES string of the molecule is Cc1cc(C)c2c(N)[n+]3c(nc2n1)NC1CCNCC13C. The number of fused-ring (bicyclic) bond motifs is 4. The van der Waals surface area contributed by atoms with Crippen LogP contribution in [0.2, 0.25) is 0 Å². The Morgan fingerprint density at radius 1 is 1.38 bits per heavy atom. The normalized spacial score (nSPS) is 27.3. The molecule has 1 saturated heterocycles. The van der Waals surface area contributed by atoms with Gasteiger partial charge in [0.05, 0.1) is 11.4 Å². The van der Waals surface area contributed by atoms with Crippen molar-refractivity contribution in [2.75, 3.05) is 24.1 Å². The fraction of sp³-hybridized carbons (Fsp3) is 0.533. The summed E-state index contributed by atoms with van der Waals surface area (Å²) in [7, 11) is 0. The van der Waals surface area contributed by atoms with Crippen molar-refractivity contribution in [1.29, 1.82) is 0 Å². The molecule has 2 aromatic heterocycles. The molecule has 0 bridgehead atoms. The van der Waals surface area contributed by atoms with Crippen LogP contribution in [0.4, 0.5) is 11.8 Å². The van der Waals surface area contributed by atoms with Crippen LogP contribution in [0.15, 0.2) is 6.07 Å². The van der Waals surface area contributed by atoms with Crippen molar-refractivity contribution < 1.29 is 4.57 Å². The van der Waals surface area contributed by atoms with Gasteiger partial charge in [0.15, 0.2) is 0 Å². The van der Waals surface area contributed by atoms with E-state index in [4.69, 9.17) is 10.7 Å². The maximum atomic E-state index is 6.53. The van der Waals surface area contributed by atoms with Gasteiger partial charge >= 0.3 is 5.95 Å². The molecule has 4 rings (SSSR count). The van der Waals surface area contributed by atoms with E-state index in [2.05, 4.69) is 40.1 Å². The van der Waals surface area contributed by atoms with Gasteiger partial charge in [0.25, 0.3) is 0 Å². The lowest BCUT2D eigenvalue weighted by Gasteiger charge is -2.34. The molecule has 4 heterocycles. The molecule has 2 aromatic rings. The van der Waals surface area contributed by atoms with Crippen molar-refractivity contribution >= 4 is 22.8 Å². The number of anilines is 2. The number of aryl methyl sites for hydroxylation is 2. The zero-order chi connectivity index (χ0) is 14.8. The minimum Gasteiger partial charge on any atom is -0.334 e. The monoisotopic (exact) mass is 285 g/mol. The summed E-state index contributed by atoms with van der Waals surface area (Å²) < 4.78 is 2.16. The molecule has 4 N–H and O–H groups in total. The molecular formula is C15H21N6+. The van der Waals surface area contributed by atoms with Gasteiger partial charge in [-0.3, -0.25) is 5.32 Å². The quantitative estimate of drug-likeness (QED) is 0.618. The Kier molecular flexibility index (Phi) is 2.45. The van der Waals surface area contributed by atoms with Crippen LogP contribution in [0, 0.1) is 13.8 Å². The molecule has 6 nitrogen and oxygen atoms in total. The molecule has 2 aliphatic heterocycles. The highest BCUT2D eigenvalue weighted by molar-refractivity contribution is 5.87. The number of piperidine rings is 1. The number of nitrogen functional groups attached to an aromatic ring is 1. The van der Waals surface area contributed by atoms with E-state index in [1.165, 1.54) is 0 Å². The number of hydrogen-bond acceptors (Lipinski definition) is 5. The van der Waals surface area contributed by atoms with Crippen molar-refractivity contribution in [3.8, 4) is 0 Å². The molecule has 6 heteroatoms. The van der Waals surface area contributed by atoms with Crippen LogP contribution in [0.1, 0.15) is 24.6 Å². The molecule has 0 aromatic carbocycles. The zero-order valence-electron chi connectivity index (χ0n) is 12.7. The third kappa shape index (κ3) is 1.59. The van der Waals surface area contributed by atoms with E-state index >= 15 is 0 Å². The molecule has 0 amide bonds. The van der Waals surface area contributed by atoms with Gasteiger partial charge in [0, 0.05) is 12.2 Å². The highest BCUT2D eigenvalue weighted by Crippen LogP contribution is 2.33. The molecule has 2 aliphatic rings. The van der Waals surface area contributed by atoms with Crippen LogP contribution >= 0.6 is 0 Å². The number of aromatic nitrogens is 3. The van der Waals surface area contributed by atoms with E-state index in [0.717, 1.165) is 53.6 Å². The Balaban J connectivity index is 2.04. The van der Waals surface area contributed by atoms with Gasteiger partial charge in [-0.2, -0.15) is 0 Å². The van der Waals surface area contributed by atoms with Gasteiger partial charge in [-0.25, -0.2) is 9.55 Å². The van der Waals surface area contributed by atoms with Crippen molar-refractivity contribution in [2.24, 2.45) is 0 Å². The Morgan fingerprint density at radius 2 is 2.19 bits per heavy atom. The summed E-state index contributed by atoms with van der Waals surface area (Å²) in [6.45, 7) is 8.23. The second kappa shape index (κ2) is 4.04. The topological polar surface area (TPSA) is 79.7 Å². The van der Waals surface area contributed by atoms with E-state index in [1.54, 1.807) is 0 Å². The summed E-state index contributed by atoms with van der Waals surface area (Å²) in [4.78, 5) is 9.30. The van der Waals surface area contributed by atoms with Gasteiger partial charge < -0.3 is 11.1 Å². The molecule has 1 fully saturated rings. The average molecular weight is 285 g/mol. The maximum absolute atomic E-state index is 6.53. The first kappa shape index (κ1) is 12.8. The minimum absolute atomic E-state index is 0.0732. The molecule has 2 unspecified atom stereocenters. The van der Waals surface area contributed by atoms with Gasteiger partial charge in [-0.05, 0) is 45.4 Å². The highest BCUT2D eigenvalue weighted by atomic mass is 15.4. The molecule has 0 spiro atoms. The molecule has 21 heavy (non-hydrogen) atoms. The number of nitrogens with zero attached hydrogens (tertiary/aromatic N) is 3. The summed E-state index contributed by atoms with van der Waals surface area (Å²) in [6.07, 6.45) is 1.07. The van der Waals surface area contributed by atoms with Crippen LogP contribution in [-0.2, 0) is 5.54 Å². The fourth-order valence-electron chi connectivity index (χ4n) is 3.85. The largest absolute Gasteiger partial charge is 0.350 e. The number of rotatable bonds is 0. The first-order valence-electron chi connectivity index (χ1n) is 7.48. The van der Waals surface area contributed by atoms with Crippen LogP contribution < -0.4 is 20.9 Å². The van der Waals surface area contributed by atoms with Crippen molar-refractivity contribution in [3.05, 3.63) is 17.3 Å². The number of hydrogen-bond donors (Lipinski definition) is 3. The van der Waals surface area contributed by atoms with E-state index < -0.39 is 0 Å². The van der Waals surface area contributed by atoms with Gasteiger partial charge in [0.1, 0.15) is 5.54 Å². The molecule has 2 atom stereocenters. The zero-order valence-corrected chi connectivity index (χ0v) is 12.7. The minimum atomic E-state index is -0.0732. The Morgan fingerprint density at radius 3 is 3.00 bits per heavy atom. The van der Waals surface area contributed by atoms with E-state index in [0.29, 0.717) is 6.04 Å². The summed E-state index contributed by atoms with van der Waals surface area (Å²) in [5, 5.41) is 7.99. The first-order chi connectivity index (χ1) is 10.0. The van der Waals surface area contributed by atoms with Crippen LogP contribution in [-0.4, -0.2) is 29.1 Å². The third-order valence-corrected chi connectivity index (χ3v) is 4.90. The smallest absolute Gasteiger partial charge is 0.334 e. The molecule has 0 aliphatic carbocycles. The van der Waals surface area contributed by atoms with Crippen molar-refractivity contribution in [1.82, 2.24) is 15.3 Å².